The van der Waals surface area contributed by atoms with E-state index in [0.717, 1.165) is 48.0 Å². The van der Waals surface area contributed by atoms with E-state index in [9.17, 15) is 0 Å². The summed E-state index contributed by atoms with van der Waals surface area (Å²) in [6, 6.07) is 0. The van der Waals surface area contributed by atoms with Crippen LogP contribution in [0, 0.1) is 6.92 Å². The summed E-state index contributed by atoms with van der Waals surface area (Å²) in [5, 5.41) is 4.61. The number of anilines is 1. The maximum Gasteiger partial charge on any atom is 0.131 e. The van der Waals surface area contributed by atoms with Gasteiger partial charge in [-0.1, -0.05) is 34.1 Å². The number of rotatable bonds is 4. The third-order valence-electron chi connectivity index (χ3n) is 3.73. The Morgan fingerprint density at radius 1 is 1.29 bits per heavy atom. The van der Waals surface area contributed by atoms with Gasteiger partial charge in [0, 0.05) is 30.8 Å². The second kappa shape index (κ2) is 5.54. The predicted octanol–water partition coefficient (Wildman–Crippen LogP) is 3.27. The molecule has 2 aromatic rings. The van der Waals surface area contributed by atoms with Crippen LogP contribution in [-0.4, -0.2) is 19.3 Å². The summed E-state index contributed by atoms with van der Waals surface area (Å²) in [5.41, 5.74) is 9.27. The number of hydrogen-bond acceptors (Lipinski definition) is 3. The Morgan fingerprint density at radius 2 is 1.95 bits per heavy atom. The molecule has 0 bridgehead atoms. The molecule has 5 heteroatoms. The van der Waals surface area contributed by atoms with E-state index >= 15 is 0 Å². The molecule has 0 fully saturated rings. The van der Waals surface area contributed by atoms with Crippen molar-refractivity contribution in [1.29, 1.82) is 0 Å². The first kappa shape index (κ1) is 15.6. The number of nitrogens with two attached hydrogens (primary N) is 1. The van der Waals surface area contributed by atoms with Crippen molar-refractivity contribution >= 4 is 5.82 Å². The highest BCUT2D eigenvalue weighted by molar-refractivity contribution is 5.73. The van der Waals surface area contributed by atoms with E-state index in [-0.39, 0.29) is 5.41 Å². The summed E-state index contributed by atoms with van der Waals surface area (Å²) in [4.78, 5) is 4.71. The van der Waals surface area contributed by atoms with Crippen molar-refractivity contribution in [2.24, 2.45) is 7.05 Å². The van der Waals surface area contributed by atoms with Crippen LogP contribution in [0.5, 0.6) is 0 Å². The lowest BCUT2D eigenvalue weighted by molar-refractivity contribution is 0.554. The van der Waals surface area contributed by atoms with Gasteiger partial charge in [0.05, 0.1) is 5.69 Å². The molecule has 0 aliphatic carbocycles. The van der Waals surface area contributed by atoms with Crippen LogP contribution in [0.4, 0.5) is 5.82 Å². The molecule has 0 saturated carbocycles. The fraction of sp³-hybridized carbons (Fsp3) is 0.625. The standard InChI is InChI=1S/C16H27N5/c1-7-8-9-21-11(2)18-13(15(21)17)12-10-20(6)19-14(12)16(3,4)5/h10H,7-9,17H2,1-6H3. The Balaban J connectivity index is 2.53. The fourth-order valence-electron chi connectivity index (χ4n) is 2.59. The van der Waals surface area contributed by atoms with Crippen LogP contribution in [0.15, 0.2) is 6.20 Å². The van der Waals surface area contributed by atoms with Crippen LogP contribution < -0.4 is 5.73 Å². The van der Waals surface area contributed by atoms with E-state index in [1.807, 2.05) is 24.9 Å². The van der Waals surface area contributed by atoms with Crippen LogP contribution in [0.1, 0.15) is 52.1 Å². The molecule has 0 unspecified atom stereocenters. The minimum atomic E-state index is -0.0376. The van der Waals surface area contributed by atoms with Gasteiger partial charge >= 0.3 is 0 Å². The monoisotopic (exact) mass is 289 g/mol. The van der Waals surface area contributed by atoms with Crippen LogP contribution in [0.25, 0.3) is 11.3 Å². The van der Waals surface area contributed by atoms with E-state index < -0.39 is 0 Å². The van der Waals surface area contributed by atoms with E-state index in [1.54, 1.807) is 0 Å². The predicted molar refractivity (Wildman–Crippen MR) is 87.2 cm³/mol. The minimum Gasteiger partial charge on any atom is -0.383 e. The second-order valence-electron chi connectivity index (χ2n) is 6.71. The van der Waals surface area contributed by atoms with Gasteiger partial charge in [0.15, 0.2) is 0 Å². The zero-order valence-corrected chi connectivity index (χ0v) is 14.1. The largest absolute Gasteiger partial charge is 0.383 e. The van der Waals surface area contributed by atoms with Crippen LogP contribution in [0.3, 0.4) is 0 Å². The number of unbranched alkanes of at least 4 members (excludes halogenated alkanes) is 1. The maximum atomic E-state index is 6.36. The molecule has 0 aromatic carbocycles. The van der Waals surface area contributed by atoms with Crippen LogP contribution in [-0.2, 0) is 19.0 Å². The summed E-state index contributed by atoms with van der Waals surface area (Å²) < 4.78 is 3.95. The van der Waals surface area contributed by atoms with Crippen molar-refractivity contribution < 1.29 is 0 Å². The molecule has 2 aromatic heterocycles. The Labute approximate surface area is 127 Å². The lowest BCUT2D eigenvalue weighted by Gasteiger charge is -2.17. The number of aryl methyl sites for hydroxylation is 2. The smallest absolute Gasteiger partial charge is 0.131 e. The normalized spacial score (nSPS) is 12.1. The zero-order valence-electron chi connectivity index (χ0n) is 14.1. The SMILES string of the molecule is CCCCn1c(C)nc(-c2cn(C)nc2C(C)(C)C)c1N. The van der Waals surface area contributed by atoms with Crippen molar-refractivity contribution in [3.63, 3.8) is 0 Å². The van der Waals surface area contributed by atoms with Crippen molar-refractivity contribution in [3.05, 3.63) is 17.7 Å². The van der Waals surface area contributed by atoms with Gasteiger partial charge in [-0.25, -0.2) is 4.98 Å². The molecule has 5 nitrogen and oxygen atoms in total. The van der Waals surface area contributed by atoms with E-state index in [4.69, 9.17) is 10.7 Å². The summed E-state index contributed by atoms with van der Waals surface area (Å²) in [6.07, 6.45) is 4.27. The summed E-state index contributed by atoms with van der Waals surface area (Å²) in [5.74, 6) is 1.72. The van der Waals surface area contributed by atoms with Gasteiger partial charge in [-0.05, 0) is 13.3 Å². The highest BCUT2D eigenvalue weighted by Gasteiger charge is 2.26. The molecule has 0 aliphatic heterocycles. The number of aromatic nitrogens is 4. The fourth-order valence-corrected chi connectivity index (χ4v) is 2.59. The molecule has 21 heavy (non-hydrogen) atoms. The Bertz CT molecular complexity index is 628. The molecule has 116 valence electrons. The lowest BCUT2D eigenvalue weighted by atomic mass is 9.89. The average Bonchev–Trinajstić information content (AvgIpc) is 2.89. The number of nitrogen functional groups attached to an aromatic ring is 1. The highest BCUT2D eigenvalue weighted by Crippen LogP contribution is 2.34. The molecule has 0 atom stereocenters. The minimum absolute atomic E-state index is 0.0376. The van der Waals surface area contributed by atoms with Crippen LogP contribution >= 0.6 is 0 Å². The van der Waals surface area contributed by atoms with Crippen molar-refractivity contribution in [3.8, 4) is 11.3 Å². The molecular weight excluding hydrogens is 262 g/mol. The van der Waals surface area contributed by atoms with Gasteiger partial charge < -0.3 is 10.3 Å². The van der Waals surface area contributed by atoms with Crippen molar-refractivity contribution in [2.45, 2.75) is 59.4 Å². The molecule has 0 amide bonds. The summed E-state index contributed by atoms with van der Waals surface area (Å²) >= 11 is 0. The van der Waals surface area contributed by atoms with Gasteiger partial charge in [0.1, 0.15) is 17.3 Å². The maximum absolute atomic E-state index is 6.36. The molecule has 2 N–H and O–H groups in total. The lowest BCUT2D eigenvalue weighted by Crippen LogP contribution is -2.14. The summed E-state index contributed by atoms with van der Waals surface area (Å²) in [7, 11) is 1.94. The van der Waals surface area contributed by atoms with Crippen molar-refractivity contribution in [1.82, 2.24) is 19.3 Å². The van der Waals surface area contributed by atoms with Gasteiger partial charge in [-0.15, -0.1) is 0 Å². The molecular formula is C16H27N5. The number of hydrogen-bond donors (Lipinski definition) is 1. The number of nitrogens with zero attached hydrogens (tertiary/aromatic N) is 4. The van der Waals surface area contributed by atoms with Gasteiger partial charge in [0.2, 0.25) is 0 Å². The topological polar surface area (TPSA) is 61.7 Å². The highest BCUT2D eigenvalue weighted by atomic mass is 15.3. The molecule has 0 aliphatic rings. The van der Waals surface area contributed by atoms with E-state index in [0.29, 0.717) is 0 Å². The Hall–Kier alpha value is -1.78. The molecule has 2 rings (SSSR count). The third-order valence-corrected chi connectivity index (χ3v) is 3.73. The van der Waals surface area contributed by atoms with Crippen molar-refractivity contribution in [2.75, 3.05) is 5.73 Å². The first-order valence-electron chi connectivity index (χ1n) is 7.62. The Morgan fingerprint density at radius 3 is 2.52 bits per heavy atom. The van der Waals surface area contributed by atoms with E-state index in [1.165, 1.54) is 0 Å². The van der Waals surface area contributed by atoms with Gasteiger partial charge in [0.25, 0.3) is 0 Å². The summed E-state index contributed by atoms with van der Waals surface area (Å²) in [6.45, 7) is 11.6. The Kier molecular flexibility index (Phi) is 4.12. The zero-order chi connectivity index (χ0) is 15.8. The third kappa shape index (κ3) is 2.96. The first-order valence-corrected chi connectivity index (χ1v) is 7.62. The molecule has 2 heterocycles. The van der Waals surface area contributed by atoms with Gasteiger partial charge in [-0.3, -0.25) is 4.68 Å². The quantitative estimate of drug-likeness (QED) is 0.939. The van der Waals surface area contributed by atoms with Gasteiger partial charge in [-0.2, -0.15) is 5.10 Å². The van der Waals surface area contributed by atoms with E-state index in [2.05, 4.69) is 37.4 Å². The average molecular weight is 289 g/mol. The number of imidazole rings is 1. The van der Waals surface area contributed by atoms with Crippen LogP contribution in [0.2, 0.25) is 0 Å². The second-order valence-corrected chi connectivity index (χ2v) is 6.71. The molecule has 0 radical (unpaired) electrons. The molecule has 0 spiro atoms. The first-order chi connectivity index (χ1) is 9.75. The molecule has 0 saturated heterocycles.